The molecule has 2 aromatic carbocycles. The van der Waals surface area contributed by atoms with E-state index in [0.29, 0.717) is 16.8 Å². The number of ether oxygens (including phenoxy) is 1. The quantitative estimate of drug-likeness (QED) is 0.668. The number of hydrogen-bond donors (Lipinski definition) is 1. The van der Waals surface area contributed by atoms with Gasteiger partial charge in [0.05, 0.1) is 11.1 Å². The third-order valence-corrected chi connectivity index (χ3v) is 4.41. The molecule has 134 valence electrons. The summed E-state index contributed by atoms with van der Waals surface area (Å²) < 4.78 is 5.07. The number of rotatable bonds is 3. The third-order valence-electron chi connectivity index (χ3n) is 4.41. The summed E-state index contributed by atoms with van der Waals surface area (Å²) in [5.41, 5.74) is 1.56. The Labute approximate surface area is 154 Å². The van der Waals surface area contributed by atoms with E-state index in [0.717, 1.165) is 4.90 Å². The first-order chi connectivity index (χ1) is 13.0. The molecule has 1 unspecified atom stereocenters. The second-order valence-corrected chi connectivity index (χ2v) is 6.21. The summed E-state index contributed by atoms with van der Waals surface area (Å²) in [4.78, 5) is 50.0. The van der Waals surface area contributed by atoms with Crippen molar-refractivity contribution in [2.24, 2.45) is 0 Å². The summed E-state index contributed by atoms with van der Waals surface area (Å²) in [6.07, 6.45) is 0.384. The highest BCUT2D eigenvalue weighted by Crippen LogP contribution is 2.30. The summed E-state index contributed by atoms with van der Waals surface area (Å²) in [6.45, 7) is 1.55. The third kappa shape index (κ3) is 2.79. The lowest BCUT2D eigenvalue weighted by atomic mass is 10.1. The van der Waals surface area contributed by atoms with Gasteiger partial charge in [-0.1, -0.05) is 18.2 Å². The molecule has 3 amide bonds. The van der Waals surface area contributed by atoms with E-state index < -0.39 is 24.0 Å². The molecule has 0 fully saturated rings. The van der Waals surface area contributed by atoms with Crippen LogP contribution in [0, 0.1) is 0 Å². The van der Waals surface area contributed by atoms with Gasteiger partial charge < -0.3 is 10.1 Å². The zero-order valence-corrected chi connectivity index (χ0v) is 14.3. The fourth-order valence-electron chi connectivity index (χ4n) is 3.01. The van der Waals surface area contributed by atoms with Crippen molar-refractivity contribution in [1.82, 2.24) is 4.90 Å². The summed E-state index contributed by atoms with van der Waals surface area (Å²) >= 11 is 0. The van der Waals surface area contributed by atoms with Crippen LogP contribution < -0.4 is 5.32 Å². The molecule has 0 bridgehead atoms. The molecule has 27 heavy (non-hydrogen) atoms. The van der Waals surface area contributed by atoms with Gasteiger partial charge in [-0.3, -0.25) is 14.4 Å². The van der Waals surface area contributed by atoms with Crippen LogP contribution in [0.1, 0.15) is 38.0 Å². The zero-order valence-electron chi connectivity index (χ0n) is 14.3. The number of anilines is 1. The van der Waals surface area contributed by atoms with Crippen molar-refractivity contribution in [3.63, 3.8) is 0 Å². The topological polar surface area (TPSA) is 92.8 Å². The smallest absolute Gasteiger partial charge is 0.335 e. The van der Waals surface area contributed by atoms with Crippen molar-refractivity contribution in [3.05, 3.63) is 76.9 Å². The second kappa shape index (κ2) is 6.21. The van der Waals surface area contributed by atoms with Crippen LogP contribution >= 0.6 is 0 Å². The molecule has 0 aromatic heterocycles. The van der Waals surface area contributed by atoms with E-state index in [-0.39, 0.29) is 17.0 Å². The number of nitrogens with one attached hydrogen (secondary N) is 1. The standard InChI is InChI=1S/C20H14N2O5/c1-11-9-16(27-20(11)26)22-18(24)14-8-7-13(10-15(14)19(22)25)21-17(23)12-5-3-2-4-6-12/h2-10,16H,1H3,(H,21,23). The van der Waals surface area contributed by atoms with Gasteiger partial charge in [-0.2, -0.15) is 0 Å². The average molecular weight is 362 g/mol. The summed E-state index contributed by atoms with van der Waals surface area (Å²) in [5.74, 6) is -2.01. The Kier molecular flexibility index (Phi) is 3.84. The number of fused-ring (bicyclic) bond motifs is 1. The van der Waals surface area contributed by atoms with E-state index in [4.69, 9.17) is 4.74 Å². The van der Waals surface area contributed by atoms with Gasteiger partial charge in [-0.05, 0) is 43.3 Å². The van der Waals surface area contributed by atoms with Crippen LogP contribution in [0.15, 0.2) is 60.2 Å². The number of esters is 1. The Morgan fingerprint density at radius 1 is 1.00 bits per heavy atom. The number of hydrogen-bond acceptors (Lipinski definition) is 5. The highest BCUT2D eigenvalue weighted by Gasteiger charge is 2.43. The zero-order chi connectivity index (χ0) is 19.1. The van der Waals surface area contributed by atoms with Crippen LogP contribution in [0.5, 0.6) is 0 Å². The lowest BCUT2D eigenvalue weighted by Crippen LogP contribution is -2.39. The number of imide groups is 1. The maximum absolute atomic E-state index is 12.7. The molecule has 0 aliphatic carbocycles. The molecule has 2 heterocycles. The van der Waals surface area contributed by atoms with Crippen molar-refractivity contribution in [2.75, 3.05) is 5.32 Å². The lowest BCUT2D eigenvalue weighted by Gasteiger charge is -2.19. The lowest BCUT2D eigenvalue weighted by molar-refractivity contribution is -0.143. The van der Waals surface area contributed by atoms with Crippen LogP contribution in [0.4, 0.5) is 5.69 Å². The molecule has 7 nitrogen and oxygen atoms in total. The van der Waals surface area contributed by atoms with Gasteiger partial charge >= 0.3 is 5.97 Å². The van der Waals surface area contributed by atoms with Gasteiger partial charge in [0, 0.05) is 16.8 Å². The molecular formula is C20H14N2O5. The first-order valence-corrected chi connectivity index (χ1v) is 8.23. The molecule has 2 aromatic rings. The van der Waals surface area contributed by atoms with Crippen LogP contribution in [-0.4, -0.2) is 34.8 Å². The number of cyclic esters (lactones) is 1. The van der Waals surface area contributed by atoms with Gasteiger partial charge in [-0.25, -0.2) is 9.69 Å². The molecule has 1 atom stereocenters. The Bertz CT molecular complexity index is 1030. The SMILES string of the molecule is CC1=CC(N2C(=O)c3ccc(NC(=O)c4ccccc4)cc3C2=O)OC1=O. The number of carbonyl (C=O) groups is 4. The molecule has 0 radical (unpaired) electrons. The molecule has 1 N–H and O–H groups in total. The highest BCUT2D eigenvalue weighted by atomic mass is 16.6. The maximum Gasteiger partial charge on any atom is 0.335 e. The summed E-state index contributed by atoms with van der Waals surface area (Å²) in [6, 6.07) is 13.1. The van der Waals surface area contributed by atoms with E-state index in [1.807, 2.05) is 0 Å². The average Bonchev–Trinajstić information content (AvgIpc) is 3.12. The highest BCUT2D eigenvalue weighted by molar-refractivity contribution is 6.22. The molecule has 0 saturated carbocycles. The first kappa shape index (κ1) is 16.7. The molecule has 4 rings (SSSR count). The van der Waals surface area contributed by atoms with Crippen molar-refractivity contribution in [1.29, 1.82) is 0 Å². The molecule has 2 aliphatic heterocycles. The van der Waals surface area contributed by atoms with E-state index in [9.17, 15) is 19.2 Å². The van der Waals surface area contributed by atoms with Crippen LogP contribution in [0.3, 0.4) is 0 Å². The molecule has 7 heteroatoms. The summed E-state index contributed by atoms with van der Waals surface area (Å²) in [5, 5.41) is 2.70. The normalized spacial score (nSPS) is 18.3. The molecular weight excluding hydrogens is 348 g/mol. The fraction of sp³-hybridized carbons (Fsp3) is 0.100. The van der Waals surface area contributed by atoms with E-state index in [2.05, 4.69) is 5.32 Å². The van der Waals surface area contributed by atoms with Gasteiger partial charge in [-0.15, -0.1) is 0 Å². The fourth-order valence-corrected chi connectivity index (χ4v) is 3.01. The first-order valence-electron chi connectivity index (χ1n) is 8.23. The van der Waals surface area contributed by atoms with E-state index in [1.54, 1.807) is 43.3 Å². The van der Waals surface area contributed by atoms with Crippen molar-refractivity contribution in [2.45, 2.75) is 13.2 Å². The number of nitrogens with zero attached hydrogens (tertiary/aromatic N) is 1. The van der Waals surface area contributed by atoms with Crippen LogP contribution in [-0.2, 0) is 9.53 Å². The Morgan fingerprint density at radius 2 is 1.70 bits per heavy atom. The molecule has 0 spiro atoms. The number of benzene rings is 2. The Morgan fingerprint density at radius 3 is 2.37 bits per heavy atom. The predicted octanol–water partition coefficient (Wildman–Crippen LogP) is 2.36. The minimum atomic E-state index is -1.05. The van der Waals surface area contributed by atoms with Gasteiger partial charge in [0.1, 0.15) is 0 Å². The Balaban J connectivity index is 1.59. The minimum absolute atomic E-state index is 0.153. The van der Waals surface area contributed by atoms with E-state index >= 15 is 0 Å². The number of carbonyl (C=O) groups excluding carboxylic acids is 4. The molecule has 0 saturated heterocycles. The van der Waals surface area contributed by atoms with Crippen molar-refractivity contribution >= 4 is 29.4 Å². The molecule has 2 aliphatic rings. The minimum Gasteiger partial charge on any atom is -0.434 e. The van der Waals surface area contributed by atoms with Gasteiger partial charge in [0.2, 0.25) is 6.23 Å². The van der Waals surface area contributed by atoms with Gasteiger partial charge in [0.25, 0.3) is 17.7 Å². The number of amides is 3. The monoisotopic (exact) mass is 362 g/mol. The van der Waals surface area contributed by atoms with Crippen LogP contribution in [0.25, 0.3) is 0 Å². The van der Waals surface area contributed by atoms with Crippen molar-refractivity contribution in [3.8, 4) is 0 Å². The summed E-state index contributed by atoms with van der Waals surface area (Å²) in [7, 11) is 0. The van der Waals surface area contributed by atoms with Gasteiger partial charge in [0.15, 0.2) is 0 Å². The van der Waals surface area contributed by atoms with Crippen molar-refractivity contribution < 1.29 is 23.9 Å². The Hall–Kier alpha value is -3.74. The predicted molar refractivity (Wildman–Crippen MR) is 95.0 cm³/mol. The van der Waals surface area contributed by atoms with Crippen LogP contribution in [0.2, 0.25) is 0 Å². The van der Waals surface area contributed by atoms with E-state index in [1.165, 1.54) is 18.2 Å². The second-order valence-electron chi connectivity index (χ2n) is 6.21. The largest absolute Gasteiger partial charge is 0.434 e. The maximum atomic E-state index is 12.7.